The minimum absolute atomic E-state index is 1.25. The van der Waals surface area contributed by atoms with E-state index in [2.05, 4.69) is 26.0 Å². The van der Waals surface area contributed by atoms with Gasteiger partial charge in [-0.1, -0.05) is 59.1 Å². The van der Waals surface area contributed by atoms with Gasteiger partial charge in [-0.25, -0.2) is 0 Å². The normalized spacial score (nSPS) is 15.4. The van der Waals surface area contributed by atoms with Crippen molar-refractivity contribution in [1.29, 1.82) is 0 Å². The average molecular weight is 184 g/mol. The summed E-state index contributed by atoms with van der Waals surface area (Å²) in [6.45, 7) is 8.25. The van der Waals surface area contributed by atoms with Crippen molar-refractivity contribution in [3.05, 3.63) is 12.2 Å². The van der Waals surface area contributed by atoms with Gasteiger partial charge in [-0.3, -0.25) is 0 Å². The van der Waals surface area contributed by atoms with Gasteiger partial charge in [0.25, 0.3) is 0 Å². The fourth-order valence-corrected chi connectivity index (χ4v) is 1.11. The first-order valence-corrected chi connectivity index (χ1v) is 6.06. The second-order valence-corrected chi connectivity index (χ2v) is 3.17. The first-order valence-electron chi connectivity index (χ1n) is 6.06. The van der Waals surface area contributed by atoms with E-state index in [0.29, 0.717) is 0 Å². The number of allylic oxidation sites excluding steroid dienone is 2. The van der Waals surface area contributed by atoms with Crippen LogP contribution in [0.4, 0.5) is 0 Å². The molecule has 0 saturated carbocycles. The van der Waals surface area contributed by atoms with Crippen LogP contribution in [0.3, 0.4) is 0 Å². The van der Waals surface area contributed by atoms with E-state index in [9.17, 15) is 0 Å². The zero-order chi connectivity index (χ0) is 10.4. The topological polar surface area (TPSA) is 0 Å². The first kappa shape index (κ1) is 15.2. The average Bonchev–Trinajstić information content (AvgIpc) is 2.07. The highest BCUT2D eigenvalue weighted by Crippen LogP contribution is 2.09. The SMILES string of the molecule is C1=CCCCCCC1.CC.CCC. The Bertz CT molecular complexity index is 72.0. The van der Waals surface area contributed by atoms with Gasteiger partial charge in [0.15, 0.2) is 0 Å². The third kappa shape index (κ3) is 18.6. The summed E-state index contributed by atoms with van der Waals surface area (Å²) in [5.74, 6) is 0. The molecule has 0 aliphatic heterocycles. The Hall–Kier alpha value is -0.260. The van der Waals surface area contributed by atoms with Gasteiger partial charge in [-0.2, -0.15) is 0 Å². The Morgan fingerprint density at radius 1 is 0.769 bits per heavy atom. The summed E-state index contributed by atoms with van der Waals surface area (Å²) >= 11 is 0. The standard InChI is InChI=1S/C8H14.C3H8.C2H6/c1-2-4-6-8-7-5-3-1;1-3-2;1-2/h1-2H,3-8H2;3H2,1-2H3;1-2H3. The minimum atomic E-state index is 1.25. The van der Waals surface area contributed by atoms with Crippen molar-refractivity contribution in [3.8, 4) is 0 Å². The summed E-state index contributed by atoms with van der Waals surface area (Å²) in [6, 6.07) is 0. The molecule has 0 radical (unpaired) electrons. The maximum atomic E-state index is 2.32. The van der Waals surface area contributed by atoms with Crippen LogP contribution in [0, 0.1) is 0 Å². The van der Waals surface area contributed by atoms with Gasteiger partial charge in [-0.15, -0.1) is 0 Å². The zero-order valence-electron chi connectivity index (χ0n) is 10.1. The van der Waals surface area contributed by atoms with Crippen LogP contribution in [-0.4, -0.2) is 0 Å². The minimum Gasteiger partial charge on any atom is -0.0885 e. The fourth-order valence-electron chi connectivity index (χ4n) is 1.11. The molecular formula is C13H28. The molecule has 0 atom stereocenters. The van der Waals surface area contributed by atoms with Gasteiger partial charge >= 0.3 is 0 Å². The molecule has 0 aromatic rings. The Labute approximate surface area is 85.4 Å². The van der Waals surface area contributed by atoms with Crippen LogP contribution >= 0.6 is 0 Å². The molecule has 0 spiro atoms. The van der Waals surface area contributed by atoms with Crippen LogP contribution in [-0.2, 0) is 0 Å². The van der Waals surface area contributed by atoms with Crippen molar-refractivity contribution in [1.82, 2.24) is 0 Å². The van der Waals surface area contributed by atoms with E-state index in [4.69, 9.17) is 0 Å². The Morgan fingerprint density at radius 2 is 1.08 bits per heavy atom. The number of rotatable bonds is 0. The lowest BCUT2D eigenvalue weighted by Crippen LogP contribution is -1.80. The van der Waals surface area contributed by atoms with E-state index >= 15 is 0 Å². The van der Waals surface area contributed by atoms with E-state index in [-0.39, 0.29) is 0 Å². The molecule has 0 heterocycles. The van der Waals surface area contributed by atoms with Crippen LogP contribution in [0.25, 0.3) is 0 Å². The van der Waals surface area contributed by atoms with Gasteiger partial charge in [0.1, 0.15) is 0 Å². The molecule has 1 aliphatic rings. The van der Waals surface area contributed by atoms with Crippen molar-refractivity contribution in [2.75, 3.05) is 0 Å². The van der Waals surface area contributed by atoms with E-state index in [1.807, 2.05) is 13.8 Å². The van der Waals surface area contributed by atoms with E-state index in [1.165, 1.54) is 44.9 Å². The second kappa shape index (κ2) is 17.7. The molecule has 0 unspecified atom stereocenters. The maximum Gasteiger partial charge on any atom is -0.0351 e. The highest BCUT2D eigenvalue weighted by molar-refractivity contribution is 4.82. The molecule has 13 heavy (non-hydrogen) atoms. The molecule has 0 N–H and O–H groups in total. The smallest absolute Gasteiger partial charge is 0.0351 e. The third-order valence-electron chi connectivity index (χ3n) is 1.66. The lowest BCUT2D eigenvalue weighted by molar-refractivity contribution is 0.638. The largest absolute Gasteiger partial charge is 0.0885 e. The second-order valence-electron chi connectivity index (χ2n) is 3.17. The van der Waals surface area contributed by atoms with Crippen LogP contribution in [0.1, 0.15) is 72.6 Å². The molecule has 1 rings (SSSR count). The summed E-state index contributed by atoms with van der Waals surface area (Å²) < 4.78 is 0. The van der Waals surface area contributed by atoms with Crippen LogP contribution in [0.15, 0.2) is 12.2 Å². The molecule has 0 bridgehead atoms. The predicted molar refractivity (Wildman–Crippen MR) is 64.2 cm³/mol. The number of hydrogen-bond donors (Lipinski definition) is 0. The quantitative estimate of drug-likeness (QED) is 0.446. The summed E-state index contributed by atoms with van der Waals surface area (Å²) in [5, 5.41) is 0. The highest BCUT2D eigenvalue weighted by Gasteiger charge is 1.89. The van der Waals surface area contributed by atoms with Gasteiger partial charge in [0.05, 0.1) is 0 Å². The first-order chi connectivity index (χ1) is 6.41. The van der Waals surface area contributed by atoms with Crippen molar-refractivity contribution < 1.29 is 0 Å². The molecule has 0 amide bonds. The summed E-state index contributed by atoms with van der Waals surface area (Å²) in [6.07, 6.45) is 14.3. The van der Waals surface area contributed by atoms with Crippen LogP contribution in [0.2, 0.25) is 0 Å². The lowest BCUT2D eigenvalue weighted by Gasteiger charge is -2.00. The van der Waals surface area contributed by atoms with Crippen LogP contribution in [0.5, 0.6) is 0 Å². The summed E-state index contributed by atoms with van der Waals surface area (Å²) in [5.41, 5.74) is 0. The Morgan fingerprint density at radius 3 is 1.38 bits per heavy atom. The molecule has 0 fully saturated rings. The lowest BCUT2D eigenvalue weighted by atomic mass is 10.1. The molecule has 0 nitrogen and oxygen atoms in total. The van der Waals surface area contributed by atoms with Crippen molar-refractivity contribution >= 4 is 0 Å². The van der Waals surface area contributed by atoms with Gasteiger partial charge in [-0.05, 0) is 25.7 Å². The monoisotopic (exact) mass is 184 g/mol. The molecule has 0 heteroatoms. The molecule has 0 saturated heterocycles. The van der Waals surface area contributed by atoms with Crippen LogP contribution < -0.4 is 0 Å². The Balaban J connectivity index is 0. The molecule has 0 aromatic carbocycles. The molecule has 80 valence electrons. The molecular weight excluding hydrogens is 156 g/mol. The van der Waals surface area contributed by atoms with Crippen molar-refractivity contribution in [3.63, 3.8) is 0 Å². The number of hydrogen-bond acceptors (Lipinski definition) is 0. The molecule has 0 aromatic heterocycles. The Kier molecular flexibility index (Phi) is 20.8. The molecule has 1 aliphatic carbocycles. The highest BCUT2D eigenvalue weighted by atomic mass is 14.0. The zero-order valence-corrected chi connectivity index (χ0v) is 10.1. The van der Waals surface area contributed by atoms with Gasteiger partial charge < -0.3 is 0 Å². The van der Waals surface area contributed by atoms with E-state index in [1.54, 1.807) is 0 Å². The van der Waals surface area contributed by atoms with Gasteiger partial charge in [0, 0.05) is 0 Å². The van der Waals surface area contributed by atoms with Crippen molar-refractivity contribution in [2.24, 2.45) is 0 Å². The summed E-state index contributed by atoms with van der Waals surface area (Å²) in [4.78, 5) is 0. The maximum absolute atomic E-state index is 2.32. The van der Waals surface area contributed by atoms with E-state index in [0.717, 1.165) is 0 Å². The predicted octanol–water partition coefficient (Wildman–Crippen LogP) is 5.34. The van der Waals surface area contributed by atoms with E-state index < -0.39 is 0 Å². The van der Waals surface area contributed by atoms with Crippen molar-refractivity contribution in [2.45, 2.75) is 72.6 Å². The fraction of sp³-hybridized carbons (Fsp3) is 0.846. The summed E-state index contributed by atoms with van der Waals surface area (Å²) in [7, 11) is 0. The third-order valence-corrected chi connectivity index (χ3v) is 1.66. The van der Waals surface area contributed by atoms with Gasteiger partial charge in [0.2, 0.25) is 0 Å².